The summed E-state index contributed by atoms with van der Waals surface area (Å²) in [4.78, 5) is 16.2. The fourth-order valence-electron chi connectivity index (χ4n) is 2.24. The molecule has 2 rings (SSSR count). The first-order valence-electron chi connectivity index (χ1n) is 8.64. The quantitative estimate of drug-likeness (QED) is 0.311. The van der Waals surface area contributed by atoms with Crippen LogP contribution in [0.15, 0.2) is 52.1 Å². The van der Waals surface area contributed by atoms with Gasteiger partial charge >= 0.3 is 0 Å². The molecule has 142 valence electrons. The Bertz CT molecular complexity index is 669. The Morgan fingerprint density at radius 3 is 2.50 bits per heavy atom. The smallest absolute Gasteiger partial charge is 0.224 e. The number of amides is 1. The zero-order chi connectivity index (χ0) is 17.9. The highest BCUT2D eigenvalue weighted by atomic mass is 127. The number of aliphatic imine (C=N–C) groups is 1. The third-order valence-electron chi connectivity index (χ3n) is 3.49. The fourth-order valence-corrected chi connectivity index (χ4v) is 2.24. The standard InChI is InChI=1S/C19H26N4O2.HI/c1-3-6-18(24)23-16-10-8-15(9-11-16)13-21-19(20-4-2)22-14-17-7-5-12-25-17;/h5,7-12H,3-4,6,13-14H2,1-2H3,(H,23,24)(H2,20,21,22);1H. The van der Waals surface area contributed by atoms with Crippen LogP contribution in [-0.2, 0) is 17.9 Å². The number of carbonyl (C=O) groups is 1. The highest BCUT2D eigenvalue weighted by Crippen LogP contribution is 2.11. The van der Waals surface area contributed by atoms with Gasteiger partial charge in [0.05, 0.1) is 19.4 Å². The van der Waals surface area contributed by atoms with Gasteiger partial charge in [0.15, 0.2) is 5.96 Å². The summed E-state index contributed by atoms with van der Waals surface area (Å²) < 4.78 is 5.31. The van der Waals surface area contributed by atoms with Crippen LogP contribution in [0.4, 0.5) is 5.69 Å². The van der Waals surface area contributed by atoms with Gasteiger partial charge in [-0.05, 0) is 43.2 Å². The zero-order valence-corrected chi connectivity index (χ0v) is 17.6. The molecule has 3 N–H and O–H groups in total. The molecular formula is C19H27IN4O2. The summed E-state index contributed by atoms with van der Waals surface area (Å²) in [5, 5.41) is 9.32. The third-order valence-corrected chi connectivity index (χ3v) is 3.49. The minimum atomic E-state index is 0. The molecule has 2 aromatic rings. The molecule has 7 heteroatoms. The Morgan fingerprint density at radius 1 is 1.12 bits per heavy atom. The molecule has 0 spiro atoms. The van der Waals surface area contributed by atoms with Gasteiger partial charge in [0.2, 0.25) is 5.91 Å². The molecule has 1 heterocycles. The van der Waals surface area contributed by atoms with E-state index in [-0.39, 0.29) is 29.9 Å². The van der Waals surface area contributed by atoms with Gasteiger partial charge in [0, 0.05) is 18.7 Å². The van der Waals surface area contributed by atoms with E-state index in [1.165, 1.54) is 0 Å². The van der Waals surface area contributed by atoms with Crippen LogP contribution in [0, 0.1) is 0 Å². The number of hydrogen-bond donors (Lipinski definition) is 3. The van der Waals surface area contributed by atoms with Gasteiger partial charge in [-0.3, -0.25) is 4.79 Å². The minimum absolute atomic E-state index is 0. The molecule has 0 fully saturated rings. The first kappa shape index (κ1) is 22.0. The largest absolute Gasteiger partial charge is 0.467 e. The lowest BCUT2D eigenvalue weighted by atomic mass is 10.2. The first-order valence-corrected chi connectivity index (χ1v) is 8.64. The van der Waals surface area contributed by atoms with Gasteiger partial charge in [-0.1, -0.05) is 19.1 Å². The lowest BCUT2D eigenvalue weighted by Crippen LogP contribution is -2.36. The van der Waals surface area contributed by atoms with Crippen molar-refractivity contribution in [1.82, 2.24) is 10.6 Å². The number of guanidine groups is 1. The molecular weight excluding hydrogens is 443 g/mol. The number of furan rings is 1. The summed E-state index contributed by atoms with van der Waals surface area (Å²) in [6, 6.07) is 11.5. The van der Waals surface area contributed by atoms with E-state index in [0.29, 0.717) is 19.5 Å². The van der Waals surface area contributed by atoms with Gasteiger partial charge in [0.25, 0.3) is 0 Å². The molecule has 6 nitrogen and oxygen atoms in total. The number of hydrogen-bond acceptors (Lipinski definition) is 3. The number of benzene rings is 1. The van der Waals surface area contributed by atoms with Gasteiger partial charge < -0.3 is 20.4 Å². The molecule has 1 aromatic heterocycles. The van der Waals surface area contributed by atoms with E-state index in [0.717, 1.165) is 35.9 Å². The van der Waals surface area contributed by atoms with Crippen LogP contribution in [0.5, 0.6) is 0 Å². The van der Waals surface area contributed by atoms with Crippen LogP contribution in [0.25, 0.3) is 0 Å². The summed E-state index contributed by atoms with van der Waals surface area (Å²) >= 11 is 0. The van der Waals surface area contributed by atoms with Crippen molar-refractivity contribution >= 4 is 41.5 Å². The Labute approximate surface area is 171 Å². The summed E-state index contributed by atoms with van der Waals surface area (Å²) in [5.41, 5.74) is 1.89. The number of anilines is 1. The van der Waals surface area contributed by atoms with E-state index >= 15 is 0 Å². The molecule has 0 aliphatic rings. The second-order valence-electron chi connectivity index (χ2n) is 5.62. The highest BCUT2D eigenvalue weighted by Gasteiger charge is 2.02. The minimum Gasteiger partial charge on any atom is -0.467 e. The summed E-state index contributed by atoms with van der Waals surface area (Å²) in [6.07, 6.45) is 3.04. The van der Waals surface area contributed by atoms with Crippen molar-refractivity contribution in [2.24, 2.45) is 4.99 Å². The van der Waals surface area contributed by atoms with Gasteiger partial charge in [-0.15, -0.1) is 24.0 Å². The summed E-state index contributed by atoms with van der Waals surface area (Å²) in [5.74, 6) is 1.64. The SMILES string of the molecule is CCCC(=O)Nc1ccc(CN=C(NCC)NCc2ccco2)cc1.I. The lowest BCUT2D eigenvalue weighted by Gasteiger charge is -2.10. The predicted octanol–water partition coefficient (Wildman–Crippen LogP) is 3.89. The van der Waals surface area contributed by atoms with Crippen molar-refractivity contribution in [3.05, 3.63) is 54.0 Å². The topological polar surface area (TPSA) is 78.7 Å². The number of halogens is 1. The van der Waals surface area contributed by atoms with Crippen LogP contribution in [0.2, 0.25) is 0 Å². The van der Waals surface area contributed by atoms with E-state index in [2.05, 4.69) is 20.9 Å². The first-order chi connectivity index (χ1) is 12.2. The van der Waals surface area contributed by atoms with Crippen molar-refractivity contribution < 1.29 is 9.21 Å². The van der Waals surface area contributed by atoms with Crippen molar-refractivity contribution in [2.75, 3.05) is 11.9 Å². The van der Waals surface area contributed by atoms with Gasteiger partial charge in [0.1, 0.15) is 5.76 Å². The van der Waals surface area contributed by atoms with Gasteiger partial charge in [-0.25, -0.2) is 4.99 Å². The maximum absolute atomic E-state index is 11.6. The fraction of sp³-hybridized carbons (Fsp3) is 0.368. The van der Waals surface area contributed by atoms with Crippen LogP contribution < -0.4 is 16.0 Å². The molecule has 0 radical (unpaired) electrons. The van der Waals surface area contributed by atoms with Crippen molar-refractivity contribution in [3.8, 4) is 0 Å². The van der Waals surface area contributed by atoms with E-state index < -0.39 is 0 Å². The molecule has 0 saturated heterocycles. The van der Waals surface area contributed by atoms with Gasteiger partial charge in [-0.2, -0.15) is 0 Å². The maximum atomic E-state index is 11.6. The molecule has 0 unspecified atom stereocenters. The molecule has 0 saturated carbocycles. The van der Waals surface area contributed by atoms with Crippen molar-refractivity contribution in [1.29, 1.82) is 0 Å². The molecule has 0 bridgehead atoms. The van der Waals surface area contributed by atoms with Crippen LogP contribution in [0.1, 0.15) is 38.0 Å². The zero-order valence-electron chi connectivity index (χ0n) is 15.2. The average Bonchev–Trinajstić information content (AvgIpc) is 3.12. The van der Waals surface area contributed by atoms with E-state index in [1.54, 1.807) is 6.26 Å². The van der Waals surface area contributed by atoms with Crippen LogP contribution in [-0.4, -0.2) is 18.4 Å². The van der Waals surface area contributed by atoms with E-state index in [1.807, 2.05) is 50.2 Å². The van der Waals surface area contributed by atoms with E-state index in [4.69, 9.17) is 4.42 Å². The molecule has 1 aromatic carbocycles. The van der Waals surface area contributed by atoms with Crippen molar-refractivity contribution in [2.45, 2.75) is 39.8 Å². The second kappa shape index (κ2) is 12.3. The van der Waals surface area contributed by atoms with Crippen molar-refractivity contribution in [3.63, 3.8) is 0 Å². The Balaban J connectivity index is 0.00000338. The summed E-state index contributed by atoms with van der Waals surface area (Å²) in [7, 11) is 0. The number of nitrogens with zero attached hydrogens (tertiary/aromatic N) is 1. The Morgan fingerprint density at radius 2 is 1.88 bits per heavy atom. The Hall–Kier alpha value is -2.03. The molecule has 0 atom stereocenters. The highest BCUT2D eigenvalue weighted by molar-refractivity contribution is 14.0. The monoisotopic (exact) mass is 470 g/mol. The van der Waals surface area contributed by atoms with Crippen LogP contribution >= 0.6 is 24.0 Å². The number of rotatable bonds is 8. The normalized spacial score (nSPS) is 10.8. The lowest BCUT2D eigenvalue weighted by molar-refractivity contribution is -0.116. The average molecular weight is 470 g/mol. The predicted molar refractivity (Wildman–Crippen MR) is 116 cm³/mol. The Kier molecular flexibility index (Phi) is 10.5. The van der Waals surface area contributed by atoms with E-state index in [9.17, 15) is 4.79 Å². The number of carbonyl (C=O) groups excluding carboxylic acids is 1. The number of nitrogens with one attached hydrogen (secondary N) is 3. The third kappa shape index (κ3) is 7.90. The summed E-state index contributed by atoms with van der Waals surface area (Å²) in [6.45, 7) is 5.94. The molecule has 1 amide bonds. The molecule has 26 heavy (non-hydrogen) atoms. The maximum Gasteiger partial charge on any atom is 0.224 e. The van der Waals surface area contributed by atoms with Crippen LogP contribution in [0.3, 0.4) is 0 Å². The molecule has 0 aliphatic carbocycles. The second-order valence-corrected chi connectivity index (χ2v) is 5.62. The molecule has 0 aliphatic heterocycles.